The number of halogens is 1. The lowest BCUT2D eigenvalue weighted by molar-refractivity contribution is 0.170. The van der Waals surface area contributed by atoms with Crippen molar-refractivity contribution in [3.63, 3.8) is 0 Å². The molecule has 0 saturated carbocycles. The van der Waals surface area contributed by atoms with Crippen LogP contribution in [0.3, 0.4) is 0 Å². The average Bonchev–Trinajstić information content (AvgIpc) is 2.54. The van der Waals surface area contributed by atoms with E-state index in [0.29, 0.717) is 25.5 Å². The fraction of sp³-hybridized carbons (Fsp3) is 0.333. The first-order chi connectivity index (χ1) is 10.3. The third-order valence-electron chi connectivity index (χ3n) is 3.23. The maximum Gasteiger partial charge on any atom is 0.216 e. The minimum atomic E-state index is -0.263. The summed E-state index contributed by atoms with van der Waals surface area (Å²) in [5.74, 6) is 1.99. The van der Waals surface area contributed by atoms with Gasteiger partial charge in [-0.05, 0) is 6.07 Å². The van der Waals surface area contributed by atoms with E-state index in [4.69, 9.17) is 25.8 Å². The third kappa shape index (κ3) is 3.03. The largest absolute Gasteiger partial charge is 0.486 e. The Morgan fingerprint density at radius 1 is 1.29 bits per heavy atom. The van der Waals surface area contributed by atoms with Gasteiger partial charge in [0.15, 0.2) is 11.5 Å². The Labute approximate surface area is 127 Å². The third-order valence-corrected chi connectivity index (χ3v) is 3.62. The summed E-state index contributed by atoms with van der Waals surface area (Å²) < 4.78 is 16.4. The summed E-state index contributed by atoms with van der Waals surface area (Å²) in [5, 5.41) is -0.263. The van der Waals surface area contributed by atoms with Crippen molar-refractivity contribution in [3.05, 3.63) is 41.9 Å². The second kappa shape index (κ2) is 6.18. The molecule has 1 aliphatic heterocycles. The number of nitrogens with zero attached hydrogens (tertiary/aromatic N) is 2. The molecular weight excluding hydrogens is 292 g/mol. The quantitative estimate of drug-likeness (QED) is 0.813. The van der Waals surface area contributed by atoms with Gasteiger partial charge in [-0.1, -0.05) is 12.1 Å². The van der Waals surface area contributed by atoms with Gasteiger partial charge >= 0.3 is 0 Å². The van der Waals surface area contributed by atoms with Crippen molar-refractivity contribution < 1.29 is 14.2 Å². The Hall–Kier alpha value is -2.01. The molecule has 0 amide bonds. The van der Waals surface area contributed by atoms with Crippen molar-refractivity contribution in [3.8, 4) is 17.4 Å². The zero-order valence-corrected chi connectivity index (χ0v) is 12.3. The number of alkyl halides is 1. The van der Waals surface area contributed by atoms with Crippen LogP contribution in [0.2, 0.25) is 0 Å². The standard InChI is InChI=1S/C15H15ClN2O3/c1-19-14-8-10(17-9-18-14)7-12(16)11-3-2-4-13-15(11)21-6-5-20-13/h2-4,8-9,12H,5-7H2,1H3. The molecule has 3 rings (SSSR count). The van der Waals surface area contributed by atoms with E-state index < -0.39 is 0 Å². The number of rotatable bonds is 4. The van der Waals surface area contributed by atoms with Crippen LogP contribution in [0.25, 0.3) is 0 Å². The predicted octanol–water partition coefficient (Wildman–Crippen LogP) is 2.78. The molecule has 1 unspecified atom stereocenters. The van der Waals surface area contributed by atoms with E-state index in [1.54, 1.807) is 13.2 Å². The highest BCUT2D eigenvalue weighted by atomic mass is 35.5. The zero-order chi connectivity index (χ0) is 14.7. The van der Waals surface area contributed by atoms with Gasteiger partial charge in [0.25, 0.3) is 0 Å². The number of hydrogen-bond donors (Lipinski definition) is 0. The molecular formula is C15H15ClN2O3. The number of methoxy groups -OCH3 is 1. The number of fused-ring (bicyclic) bond motifs is 1. The number of para-hydroxylation sites is 1. The molecule has 0 N–H and O–H groups in total. The van der Waals surface area contributed by atoms with Crippen LogP contribution in [0.4, 0.5) is 0 Å². The van der Waals surface area contributed by atoms with Gasteiger partial charge in [-0.25, -0.2) is 9.97 Å². The first-order valence-corrected chi connectivity index (χ1v) is 7.09. The molecule has 2 aromatic rings. The first kappa shape index (κ1) is 13.9. The Morgan fingerprint density at radius 3 is 3.00 bits per heavy atom. The Bertz CT molecular complexity index is 636. The first-order valence-electron chi connectivity index (χ1n) is 6.65. The maximum atomic E-state index is 6.54. The number of benzene rings is 1. The minimum Gasteiger partial charge on any atom is -0.486 e. The molecule has 0 spiro atoms. The van der Waals surface area contributed by atoms with Gasteiger partial charge in [0.05, 0.1) is 12.5 Å². The maximum absolute atomic E-state index is 6.54. The van der Waals surface area contributed by atoms with E-state index in [2.05, 4.69) is 9.97 Å². The molecule has 5 nitrogen and oxygen atoms in total. The van der Waals surface area contributed by atoms with Crippen molar-refractivity contribution in [2.75, 3.05) is 20.3 Å². The summed E-state index contributed by atoms with van der Waals surface area (Å²) in [7, 11) is 1.57. The molecule has 1 aromatic carbocycles. The lowest BCUT2D eigenvalue weighted by atomic mass is 10.1. The monoisotopic (exact) mass is 306 g/mol. The van der Waals surface area contributed by atoms with Crippen LogP contribution < -0.4 is 14.2 Å². The fourth-order valence-electron chi connectivity index (χ4n) is 2.24. The van der Waals surface area contributed by atoms with Crippen molar-refractivity contribution in [2.24, 2.45) is 0 Å². The van der Waals surface area contributed by atoms with Gasteiger partial charge in [0.1, 0.15) is 19.5 Å². The molecule has 1 aliphatic rings. The summed E-state index contributed by atoms with van der Waals surface area (Å²) in [6.45, 7) is 1.10. The van der Waals surface area contributed by atoms with E-state index >= 15 is 0 Å². The summed E-state index contributed by atoms with van der Waals surface area (Å²) in [6, 6.07) is 7.53. The minimum absolute atomic E-state index is 0.263. The van der Waals surface area contributed by atoms with E-state index in [1.807, 2.05) is 18.2 Å². The van der Waals surface area contributed by atoms with Crippen LogP contribution in [-0.2, 0) is 6.42 Å². The van der Waals surface area contributed by atoms with E-state index in [0.717, 1.165) is 22.8 Å². The molecule has 0 saturated heterocycles. The van der Waals surface area contributed by atoms with Crippen molar-refractivity contribution in [1.82, 2.24) is 9.97 Å². The summed E-state index contributed by atoms with van der Waals surface area (Å²) >= 11 is 6.54. The normalized spacial score (nSPS) is 14.6. The smallest absolute Gasteiger partial charge is 0.216 e. The van der Waals surface area contributed by atoms with Crippen LogP contribution >= 0.6 is 11.6 Å². The van der Waals surface area contributed by atoms with Crippen molar-refractivity contribution >= 4 is 11.6 Å². The fourth-order valence-corrected chi connectivity index (χ4v) is 2.57. The highest BCUT2D eigenvalue weighted by molar-refractivity contribution is 6.21. The summed E-state index contributed by atoms with van der Waals surface area (Å²) in [5.41, 5.74) is 1.72. The van der Waals surface area contributed by atoms with Crippen molar-refractivity contribution in [1.29, 1.82) is 0 Å². The molecule has 0 bridgehead atoms. The number of ether oxygens (including phenoxy) is 3. The van der Waals surface area contributed by atoms with Gasteiger partial charge in [-0.15, -0.1) is 11.6 Å². The topological polar surface area (TPSA) is 53.5 Å². The van der Waals surface area contributed by atoms with Crippen molar-refractivity contribution in [2.45, 2.75) is 11.8 Å². The predicted molar refractivity (Wildman–Crippen MR) is 78.3 cm³/mol. The molecule has 21 heavy (non-hydrogen) atoms. The lowest BCUT2D eigenvalue weighted by Crippen LogP contribution is -2.17. The van der Waals surface area contributed by atoms with Gasteiger partial charge in [-0.3, -0.25) is 0 Å². The van der Waals surface area contributed by atoms with Crippen LogP contribution in [0.1, 0.15) is 16.6 Å². The molecule has 1 atom stereocenters. The van der Waals surface area contributed by atoms with Crippen LogP contribution in [0.15, 0.2) is 30.6 Å². The van der Waals surface area contributed by atoms with E-state index in [1.165, 1.54) is 6.33 Å². The average molecular weight is 307 g/mol. The zero-order valence-electron chi connectivity index (χ0n) is 11.6. The Kier molecular flexibility index (Phi) is 4.10. The molecule has 0 radical (unpaired) electrons. The van der Waals surface area contributed by atoms with E-state index in [-0.39, 0.29) is 5.38 Å². The highest BCUT2D eigenvalue weighted by Crippen LogP contribution is 2.40. The van der Waals surface area contributed by atoms with Gasteiger partial charge in [-0.2, -0.15) is 0 Å². The molecule has 110 valence electrons. The summed E-state index contributed by atoms with van der Waals surface area (Å²) in [6.07, 6.45) is 2.03. The Morgan fingerprint density at radius 2 is 2.14 bits per heavy atom. The van der Waals surface area contributed by atoms with E-state index in [9.17, 15) is 0 Å². The van der Waals surface area contributed by atoms with Gasteiger partial charge < -0.3 is 14.2 Å². The molecule has 0 aliphatic carbocycles. The molecule has 0 fully saturated rings. The van der Waals surface area contributed by atoms with Gasteiger partial charge in [0.2, 0.25) is 5.88 Å². The second-order valence-electron chi connectivity index (χ2n) is 4.59. The SMILES string of the molecule is COc1cc(CC(Cl)c2cccc3c2OCCO3)ncn1. The molecule has 1 aromatic heterocycles. The van der Waals surface area contributed by atoms with Gasteiger partial charge in [0, 0.05) is 23.7 Å². The van der Waals surface area contributed by atoms with Crippen LogP contribution in [-0.4, -0.2) is 30.3 Å². The Balaban J connectivity index is 1.83. The van der Waals surface area contributed by atoms with Crippen LogP contribution in [0, 0.1) is 0 Å². The lowest BCUT2D eigenvalue weighted by Gasteiger charge is -2.22. The second-order valence-corrected chi connectivity index (χ2v) is 5.12. The summed E-state index contributed by atoms with van der Waals surface area (Å²) in [4.78, 5) is 8.20. The van der Waals surface area contributed by atoms with Crippen LogP contribution in [0.5, 0.6) is 17.4 Å². The number of aromatic nitrogens is 2. The molecule has 2 heterocycles. The highest BCUT2D eigenvalue weighted by Gasteiger charge is 2.21. The number of hydrogen-bond acceptors (Lipinski definition) is 5. The molecule has 6 heteroatoms.